The average Bonchev–Trinajstić information content (AvgIpc) is 2.85. The minimum atomic E-state index is 0.674. The molecule has 0 N–H and O–H groups in total. The van der Waals surface area contributed by atoms with E-state index in [-0.39, 0.29) is 0 Å². The zero-order chi connectivity index (χ0) is 14.2. The van der Waals surface area contributed by atoms with E-state index in [1.807, 2.05) is 6.92 Å². The van der Waals surface area contributed by atoms with E-state index in [0.29, 0.717) is 6.04 Å². The highest BCUT2D eigenvalue weighted by Crippen LogP contribution is 2.33. The van der Waals surface area contributed by atoms with Crippen molar-refractivity contribution in [3.8, 4) is 0 Å². The number of hydrogen-bond donors (Lipinski definition) is 0. The molecule has 3 aliphatic rings. The van der Waals surface area contributed by atoms with Gasteiger partial charge in [0, 0.05) is 12.6 Å². The lowest BCUT2D eigenvalue weighted by molar-refractivity contribution is 0.0864. The van der Waals surface area contributed by atoms with E-state index in [1.165, 1.54) is 32.2 Å². The van der Waals surface area contributed by atoms with Gasteiger partial charge in [0.05, 0.1) is 6.54 Å². The Morgan fingerprint density at radius 2 is 1.86 bits per heavy atom. The molecule has 0 amide bonds. The highest BCUT2D eigenvalue weighted by atomic mass is 16.3. The maximum absolute atomic E-state index is 5.79. The molecule has 2 bridgehead atoms. The van der Waals surface area contributed by atoms with Gasteiger partial charge in [-0.3, -0.25) is 4.90 Å². The predicted molar refractivity (Wildman–Crippen MR) is 84.2 cm³/mol. The summed E-state index contributed by atoms with van der Waals surface area (Å²) >= 11 is 0. The molecule has 2 nitrogen and oxygen atoms in total. The van der Waals surface area contributed by atoms with E-state index >= 15 is 0 Å². The van der Waals surface area contributed by atoms with Crippen molar-refractivity contribution in [1.29, 1.82) is 0 Å². The van der Waals surface area contributed by atoms with Crippen LogP contribution in [0.1, 0.15) is 35.5 Å². The summed E-state index contributed by atoms with van der Waals surface area (Å²) < 4.78 is 5.79. The Bertz CT molecular complexity index is 630. The summed E-state index contributed by atoms with van der Waals surface area (Å²) in [5.74, 6) is 2.94. The molecule has 1 saturated heterocycles. The first-order valence-corrected chi connectivity index (χ1v) is 8.14. The van der Waals surface area contributed by atoms with Gasteiger partial charge in [-0.15, -0.1) is 0 Å². The van der Waals surface area contributed by atoms with Crippen molar-refractivity contribution in [2.45, 2.75) is 45.2 Å². The van der Waals surface area contributed by atoms with Gasteiger partial charge in [-0.1, -0.05) is 24.3 Å². The number of hydrogen-bond acceptors (Lipinski definition) is 2. The third-order valence-electron chi connectivity index (χ3n) is 5.15. The number of nitrogens with zero attached hydrogens (tertiary/aromatic N) is 1. The van der Waals surface area contributed by atoms with Crippen LogP contribution in [0.4, 0.5) is 0 Å². The standard InChI is InChI=1S/C19H23NO/c1-14-6-9-19(21-14)13-20-12-15-7-8-18(20)11-17-5-3-2-4-16(17)10-15/h2-6,9,15,18H,7-8,10-13H2,1H3/t15-,18+/m1/s1. The minimum Gasteiger partial charge on any atom is -0.465 e. The lowest BCUT2D eigenvalue weighted by Gasteiger charge is -2.42. The summed E-state index contributed by atoms with van der Waals surface area (Å²) in [5, 5.41) is 0. The fourth-order valence-electron chi connectivity index (χ4n) is 4.06. The van der Waals surface area contributed by atoms with Crippen molar-refractivity contribution < 1.29 is 4.42 Å². The number of piperidine rings is 1. The van der Waals surface area contributed by atoms with Crippen LogP contribution in [0.25, 0.3) is 0 Å². The Morgan fingerprint density at radius 3 is 2.62 bits per heavy atom. The van der Waals surface area contributed by atoms with Crippen molar-refractivity contribution in [2.24, 2.45) is 5.92 Å². The molecular formula is C19H23NO. The van der Waals surface area contributed by atoms with Gasteiger partial charge in [-0.05, 0) is 61.8 Å². The first-order chi connectivity index (χ1) is 10.3. The molecule has 110 valence electrons. The third kappa shape index (κ3) is 2.65. The summed E-state index contributed by atoms with van der Waals surface area (Å²) in [6, 6.07) is 13.9. The maximum atomic E-state index is 5.79. The van der Waals surface area contributed by atoms with Crippen LogP contribution in [0.2, 0.25) is 0 Å². The van der Waals surface area contributed by atoms with Crippen molar-refractivity contribution in [3.05, 3.63) is 59.0 Å². The molecule has 21 heavy (non-hydrogen) atoms. The highest BCUT2D eigenvalue weighted by Gasteiger charge is 2.32. The molecule has 2 atom stereocenters. The number of fused-ring (bicyclic) bond motifs is 2. The molecule has 3 heterocycles. The quantitative estimate of drug-likeness (QED) is 0.828. The van der Waals surface area contributed by atoms with Crippen molar-refractivity contribution in [1.82, 2.24) is 4.90 Å². The van der Waals surface area contributed by atoms with Gasteiger partial charge in [0.1, 0.15) is 11.5 Å². The van der Waals surface area contributed by atoms with Gasteiger partial charge in [0.25, 0.3) is 0 Å². The molecule has 2 heteroatoms. The Balaban J connectivity index is 1.58. The average molecular weight is 281 g/mol. The Morgan fingerprint density at radius 1 is 1.05 bits per heavy atom. The van der Waals surface area contributed by atoms with Crippen LogP contribution in [0.15, 0.2) is 40.8 Å². The topological polar surface area (TPSA) is 16.4 Å². The van der Waals surface area contributed by atoms with Crippen molar-refractivity contribution in [3.63, 3.8) is 0 Å². The van der Waals surface area contributed by atoms with Gasteiger partial charge in [-0.25, -0.2) is 0 Å². The molecule has 5 rings (SSSR count). The van der Waals surface area contributed by atoms with Gasteiger partial charge in [-0.2, -0.15) is 0 Å². The number of rotatable bonds is 2. The van der Waals surface area contributed by atoms with Gasteiger partial charge in [0.2, 0.25) is 0 Å². The zero-order valence-electron chi connectivity index (χ0n) is 12.7. The molecule has 1 aromatic carbocycles. The van der Waals surface area contributed by atoms with Crippen LogP contribution >= 0.6 is 0 Å². The van der Waals surface area contributed by atoms with Gasteiger partial charge < -0.3 is 4.42 Å². The zero-order valence-corrected chi connectivity index (χ0v) is 12.7. The molecular weight excluding hydrogens is 258 g/mol. The van der Waals surface area contributed by atoms with E-state index in [0.717, 1.165) is 24.0 Å². The fraction of sp³-hybridized carbons (Fsp3) is 0.474. The normalized spacial score (nSPS) is 25.4. The minimum absolute atomic E-state index is 0.674. The lowest BCUT2D eigenvalue weighted by Crippen LogP contribution is -2.46. The monoisotopic (exact) mass is 281 g/mol. The molecule has 2 aromatic rings. The summed E-state index contributed by atoms with van der Waals surface area (Å²) in [7, 11) is 0. The molecule has 1 fully saturated rings. The van der Waals surface area contributed by atoms with Gasteiger partial charge >= 0.3 is 0 Å². The second-order valence-corrected chi connectivity index (χ2v) is 6.72. The fourth-order valence-corrected chi connectivity index (χ4v) is 4.06. The molecule has 0 unspecified atom stereocenters. The van der Waals surface area contributed by atoms with Crippen LogP contribution in [0.5, 0.6) is 0 Å². The second-order valence-electron chi connectivity index (χ2n) is 6.72. The highest BCUT2D eigenvalue weighted by molar-refractivity contribution is 5.30. The van der Waals surface area contributed by atoms with Crippen LogP contribution in [0.3, 0.4) is 0 Å². The summed E-state index contributed by atoms with van der Waals surface area (Å²) in [6.07, 6.45) is 5.16. The number of benzene rings is 1. The molecule has 0 spiro atoms. The number of furan rings is 1. The van der Waals surface area contributed by atoms with Crippen LogP contribution < -0.4 is 0 Å². The van der Waals surface area contributed by atoms with E-state index in [2.05, 4.69) is 41.3 Å². The van der Waals surface area contributed by atoms with E-state index < -0.39 is 0 Å². The van der Waals surface area contributed by atoms with Gasteiger partial charge in [0.15, 0.2) is 0 Å². The van der Waals surface area contributed by atoms with E-state index in [9.17, 15) is 0 Å². The largest absolute Gasteiger partial charge is 0.465 e. The van der Waals surface area contributed by atoms with Crippen molar-refractivity contribution in [2.75, 3.05) is 6.54 Å². The lowest BCUT2D eigenvalue weighted by atomic mass is 9.80. The summed E-state index contributed by atoms with van der Waals surface area (Å²) in [6.45, 7) is 4.22. The molecule has 1 aliphatic carbocycles. The first kappa shape index (κ1) is 13.1. The first-order valence-electron chi connectivity index (χ1n) is 8.14. The predicted octanol–water partition coefficient (Wildman–Crippen LogP) is 3.97. The smallest absolute Gasteiger partial charge is 0.118 e. The molecule has 2 aliphatic heterocycles. The summed E-state index contributed by atoms with van der Waals surface area (Å²) in [4.78, 5) is 2.66. The van der Waals surface area contributed by atoms with Crippen LogP contribution in [-0.4, -0.2) is 17.5 Å². The Labute approximate surface area is 126 Å². The molecule has 1 aromatic heterocycles. The SMILES string of the molecule is Cc1ccc(CN2C[C@@H]3CC[C@H]2Cc2ccccc2C3)o1. The molecule has 0 radical (unpaired) electrons. The summed E-state index contributed by atoms with van der Waals surface area (Å²) in [5.41, 5.74) is 3.15. The maximum Gasteiger partial charge on any atom is 0.118 e. The molecule has 0 saturated carbocycles. The van der Waals surface area contributed by atoms with E-state index in [1.54, 1.807) is 11.1 Å². The van der Waals surface area contributed by atoms with Crippen molar-refractivity contribution >= 4 is 0 Å². The van der Waals surface area contributed by atoms with Crippen LogP contribution in [-0.2, 0) is 19.4 Å². The Kier molecular flexibility index (Phi) is 3.34. The van der Waals surface area contributed by atoms with E-state index in [4.69, 9.17) is 4.42 Å². The Hall–Kier alpha value is -1.54. The second kappa shape index (κ2) is 5.34. The van der Waals surface area contributed by atoms with Crippen LogP contribution in [0, 0.1) is 12.8 Å². The third-order valence-corrected chi connectivity index (χ3v) is 5.15. The number of aryl methyl sites for hydroxylation is 1.